The van der Waals surface area contributed by atoms with E-state index in [1.165, 1.54) is 19.3 Å². The second-order valence-electron chi connectivity index (χ2n) is 10.5. The molecular formula is C28H38N6O. The molecule has 0 radical (unpaired) electrons. The molecule has 1 amide bonds. The molecule has 0 unspecified atom stereocenters. The normalized spacial score (nSPS) is 19.3. The molecule has 7 nitrogen and oxygen atoms in total. The van der Waals surface area contributed by atoms with Crippen LogP contribution in [0.15, 0.2) is 42.9 Å². The topological polar surface area (TPSA) is 66.3 Å². The van der Waals surface area contributed by atoms with Gasteiger partial charge in [-0.3, -0.25) is 19.2 Å². The Labute approximate surface area is 208 Å². The number of aryl methyl sites for hydroxylation is 1. The Kier molecular flexibility index (Phi) is 6.89. The van der Waals surface area contributed by atoms with Crippen molar-refractivity contribution in [2.75, 3.05) is 32.7 Å². The molecule has 0 spiro atoms. The molecule has 1 aliphatic carbocycles. The van der Waals surface area contributed by atoms with Crippen LogP contribution in [0.3, 0.4) is 0 Å². The summed E-state index contributed by atoms with van der Waals surface area (Å²) in [6.45, 7) is 11.7. The van der Waals surface area contributed by atoms with Crippen molar-refractivity contribution < 1.29 is 4.79 Å². The van der Waals surface area contributed by atoms with Gasteiger partial charge in [-0.05, 0) is 51.3 Å². The summed E-state index contributed by atoms with van der Waals surface area (Å²) >= 11 is 0. The predicted octanol–water partition coefficient (Wildman–Crippen LogP) is 4.19. The van der Waals surface area contributed by atoms with Crippen molar-refractivity contribution in [2.45, 2.75) is 64.5 Å². The van der Waals surface area contributed by atoms with Gasteiger partial charge >= 0.3 is 0 Å². The van der Waals surface area contributed by atoms with Gasteiger partial charge < -0.3 is 5.32 Å². The molecule has 2 aromatic heterocycles. The van der Waals surface area contributed by atoms with Gasteiger partial charge in [0.15, 0.2) is 0 Å². The first-order chi connectivity index (χ1) is 17.0. The number of hydrogen-bond acceptors (Lipinski definition) is 5. The van der Waals surface area contributed by atoms with Crippen LogP contribution in [0.2, 0.25) is 0 Å². The third kappa shape index (κ3) is 4.71. The maximum absolute atomic E-state index is 13.7. The molecule has 1 N–H and O–H groups in total. The lowest BCUT2D eigenvalue weighted by atomic mass is 9.79. The van der Waals surface area contributed by atoms with Gasteiger partial charge in [-0.15, -0.1) is 0 Å². The monoisotopic (exact) mass is 474 g/mol. The van der Waals surface area contributed by atoms with Crippen LogP contribution in [-0.4, -0.2) is 74.5 Å². The first kappa shape index (κ1) is 23.9. The number of carbonyl (C=O) groups is 1. The van der Waals surface area contributed by atoms with Gasteiger partial charge in [0.1, 0.15) is 0 Å². The fourth-order valence-electron chi connectivity index (χ4n) is 6.09. The van der Waals surface area contributed by atoms with Crippen LogP contribution in [0.4, 0.5) is 0 Å². The molecule has 7 heteroatoms. The highest BCUT2D eigenvalue weighted by molar-refractivity contribution is 6.08. The minimum absolute atomic E-state index is 0.00949. The standard InChI is InChI=1S/C28H38N6O/c1-21(2)32-15-17-33(18-16-32)28(11-5-4-6-12-28)20-31-26(35)23-19-34(27-29-13-8-14-30-27)24-10-7-9-22(3)25(23)24/h7-10,13-14,19,21H,4-6,11-12,15-18,20H2,1-3H3,(H,31,35). The van der Waals surface area contributed by atoms with Gasteiger partial charge in [0.25, 0.3) is 5.91 Å². The van der Waals surface area contributed by atoms with Crippen LogP contribution >= 0.6 is 0 Å². The van der Waals surface area contributed by atoms with Gasteiger partial charge in [0.05, 0.1) is 11.1 Å². The Bertz CT molecular complexity index is 1160. The van der Waals surface area contributed by atoms with Crippen LogP contribution in [0, 0.1) is 6.92 Å². The second kappa shape index (κ2) is 10.1. The lowest BCUT2D eigenvalue weighted by Crippen LogP contribution is -2.62. The molecule has 5 rings (SSSR count). The van der Waals surface area contributed by atoms with Crippen LogP contribution < -0.4 is 5.32 Å². The number of rotatable bonds is 6. The zero-order valence-electron chi connectivity index (χ0n) is 21.3. The molecule has 1 aliphatic heterocycles. The third-order valence-electron chi connectivity index (χ3n) is 8.13. The summed E-state index contributed by atoms with van der Waals surface area (Å²) in [5.41, 5.74) is 2.80. The van der Waals surface area contributed by atoms with E-state index in [1.807, 2.05) is 22.9 Å². The van der Waals surface area contributed by atoms with Crippen LogP contribution in [0.5, 0.6) is 0 Å². The van der Waals surface area contributed by atoms with Crippen LogP contribution in [0.25, 0.3) is 16.9 Å². The number of benzene rings is 1. The van der Waals surface area contributed by atoms with Crippen molar-refractivity contribution >= 4 is 16.8 Å². The van der Waals surface area contributed by atoms with E-state index in [9.17, 15) is 4.79 Å². The molecule has 2 aliphatic rings. The molecular weight excluding hydrogens is 436 g/mol. The molecule has 0 bridgehead atoms. The summed E-state index contributed by atoms with van der Waals surface area (Å²) in [5, 5.41) is 4.35. The summed E-state index contributed by atoms with van der Waals surface area (Å²) in [6, 6.07) is 8.51. The fourth-order valence-corrected chi connectivity index (χ4v) is 6.09. The second-order valence-corrected chi connectivity index (χ2v) is 10.5. The Hall–Kier alpha value is -2.77. The molecule has 1 saturated carbocycles. The number of hydrogen-bond donors (Lipinski definition) is 1. The van der Waals surface area contributed by atoms with Gasteiger partial charge in [-0.25, -0.2) is 9.97 Å². The Balaban J connectivity index is 1.39. The molecule has 1 saturated heterocycles. The first-order valence-corrected chi connectivity index (χ1v) is 13.1. The number of nitrogens with one attached hydrogen (secondary N) is 1. The zero-order valence-corrected chi connectivity index (χ0v) is 21.3. The van der Waals surface area contributed by atoms with E-state index in [0.29, 0.717) is 24.1 Å². The third-order valence-corrected chi connectivity index (χ3v) is 8.13. The quantitative estimate of drug-likeness (QED) is 0.580. The van der Waals surface area contributed by atoms with E-state index in [1.54, 1.807) is 18.5 Å². The van der Waals surface area contributed by atoms with E-state index in [0.717, 1.165) is 55.5 Å². The number of fused-ring (bicyclic) bond motifs is 1. The van der Waals surface area contributed by atoms with E-state index < -0.39 is 0 Å². The highest BCUT2D eigenvalue weighted by atomic mass is 16.1. The minimum Gasteiger partial charge on any atom is -0.350 e. The van der Waals surface area contributed by atoms with Crippen molar-refractivity contribution in [3.63, 3.8) is 0 Å². The smallest absolute Gasteiger partial charge is 0.253 e. The summed E-state index contributed by atoms with van der Waals surface area (Å²) in [5.74, 6) is 0.568. The lowest BCUT2D eigenvalue weighted by molar-refractivity contribution is 0.000839. The van der Waals surface area contributed by atoms with Gasteiger partial charge in [0.2, 0.25) is 5.95 Å². The number of aromatic nitrogens is 3. The largest absolute Gasteiger partial charge is 0.350 e. The van der Waals surface area contributed by atoms with Gasteiger partial charge in [-0.2, -0.15) is 0 Å². The van der Waals surface area contributed by atoms with Crippen LogP contribution in [-0.2, 0) is 0 Å². The maximum atomic E-state index is 13.7. The van der Waals surface area contributed by atoms with Crippen molar-refractivity contribution in [3.8, 4) is 5.95 Å². The minimum atomic E-state index is -0.00949. The van der Waals surface area contributed by atoms with Crippen molar-refractivity contribution in [1.82, 2.24) is 29.7 Å². The van der Waals surface area contributed by atoms with Crippen LogP contribution in [0.1, 0.15) is 61.9 Å². The number of carbonyl (C=O) groups excluding carboxylic acids is 1. The predicted molar refractivity (Wildman–Crippen MR) is 140 cm³/mol. The average molecular weight is 475 g/mol. The van der Waals surface area contributed by atoms with E-state index in [-0.39, 0.29) is 11.4 Å². The summed E-state index contributed by atoms with van der Waals surface area (Å²) in [6.07, 6.45) is 11.5. The van der Waals surface area contributed by atoms with Crippen molar-refractivity contribution in [3.05, 3.63) is 54.0 Å². The first-order valence-electron chi connectivity index (χ1n) is 13.1. The number of amides is 1. The molecule has 1 aromatic carbocycles. The Morgan fingerprint density at radius 1 is 1.03 bits per heavy atom. The number of piperazine rings is 1. The molecule has 186 valence electrons. The summed E-state index contributed by atoms with van der Waals surface area (Å²) in [4.78, 5) is 27.8. The lowest BCUT2D eigenvalue weighted by Gasteiger charge is -2.50. The Morgan fingerprint density at radius 3 is 2.43 bits per heavy atom. The van der Waals surface area contributed by atoms with Gasteiger partial charge in [0, 0.05) is 68.3 Å². The average Bonchev–Trinajstić information content (AvgIpc) is 3.30. The van der Waals surface area contributed by atoms with E-state index in [2.05, 4.69) is 51.9 Å². The molecule has 0 atom stereocenters. The molecule has 2 fully saturated rings. The SMILES string of the molecule is Cc1cccc2c1c(C(=O)NCC1(N3CCN(C(C)C)CC3)CCCCC1)cn2-c1ncccn1. The Morgan fingerprint density at radius 2 is 1.74 bits per heavy atom. The number of nitrogens with zero attached hydrogens (tertiary/aromatic N) is 5. The molecule has 3 aromatic rings. The van der Waals surface area contributed by atoms with E-state index in [4.69, 9.17) is 0 Å². The van der Waals surface area contributed by atoms with Crippen molar-refractivity contribution in [1.29, 1.82) is 0 Å². The highest BCUT2D eigenvalue weighted by Crippen LogP contribution is 2.35. The summed E-state index contributed by atoms with van der Waals surface area (Å²) in [7, 11) is 0. The molecule has 3 heterocycles. The van der Waals surface area contributed by atoms with E-state index >= 15 is 0 Å². The fraction of sp³-hybridized carbons (Fsp3) is 0.536. The zero-order chi connectivity index (χ0) is 24.4. The maximum Gasteiger partial charge on any atom is 0.253 e. The van der Waals surface area contributed by atoms with Crippen molar-refractivity contribution in [2.24, 2.45) is 0 Å². The highest BCUT2D eigenvalue weighted by Gasteiger charge is 2.40. The van der Waals surface area contributed by atoms with Gasteiger partial charge in [-0.1, -0.05) is 31.4 Å². The molecule has 35 heavy (non-hydrogen) atoms. The summed E-state index contributed by atoms with van der Waals surface area (Å²) < 4.78 is 1.93.